The number of nitrogens with zero attached hydrogens (tertiary/aromatic N) is 2. The number of furan rings is 1. The summed E-state index contributed by atoms with van der Waals surface area (Å²) in [6, 6.07) is 12.8. The van der Waals surface area contributed by atoms with E-state index in [0.29, 0.717) is 51.1 Å². The quantitative estimate of drug-likeness (QED) is 0.290. The molecule has 11 heteroatoms. The molecule has 0 spiro atoms. The van der Waals surface area contributed by atoms with Crippen LogP contribution in [0, 0.1) is 6.92 Å². The lowest BCUT2D eigenvalue weighted by molar-refractivity contribution is -0.136. The van der Waals surface area contributed by atoms with Crippen molar-refractivity contribution < 1.29 is 33.3 Å². The first-order chi connectivity index (χ1) is 20.2. The number of hydrogen-bond acceptors (Lipinski definition) is 9. The molecule has 3 heterocycles. The number of ether oxygens (including phenoxy) is 3. The molecule has 1 atom stereocenters. The Bertz CT molecular complexity index is 1900. The monoisotopic (exact) mass is 588 g/mol. The molecule has 1 aliphatic rings. The molecule has 4 aromatic rings. The minimum atomic E-state index is -1.01. The molecule has 2 aromatic carbocycles. The largest absolute Gasteiger partial charge is 0.490 e. The van der Waals surface area contributed by atoms with Crippen LogP contribution >= 0.6 is 11.3 Å². The van der Waals surface area contributed by atoms with Gasteiger partial charge < -0.3 is 23.7 Å². The molecule has 5 rings (SSSR count). The number of rotatable bonds is 9. The van der Waals surface area contributed by atoms with E-state index in [1.54, 1.807) is 55.5 Å². The second-order valence-corrected chi connectivity index (χ2v) is 10.3. The first-order valence-corrected chi connectivity index (χ1v) is 14.0. The molecule has 0 saturated heterocycles. The van der Waals surface area contributed by atoms with Gasteiger partial charge in [0, 0.05) is 17.8 Å². The van der Waals surface area contributed by atoms with Crippen molar-refractivity contribution in [3.8, 4) is 22.8 Å². The predicted molar refractivity (Wildman–Crippen MR) is 156 cm³/mol. The number of carboxylic acids is 1. The Morgan fingerprint density at radius 3 is 2.52 bits per heavy atom. The van der Waals surface area contributed by atoms with Crippen LogP contribution in [0.1, 0.15) is 47.1 Å². The van der Waals surface area contributed by atoms with Crippen molar-refractivity contribution in [1.29, 1.82) is 0 Å². The lowest BCUT2D eigenvalue weighted by Gasteiger charge is -2.23. The Hall–Kier alpha value is -4.90. The summed E-state index contributed by atoms with van der Waals surface area (Å²) in [5.74, 6) is 0.404. The summed E-state index contributed by atoms with van der Waals surface area (Å²) in [7, 11) is 1.28. The number of fused-ring (bicyclic) bond motifs is 1. The average Bonchev–Trinajstić information content (AvgIpc) is 3.57. The normalized spacial score (nSPS) is 14.5. The standard InChI is InChI=1S/C31H28N2O8S/c1-5-39-24-11-8-18(14-25(24)40-6-2)27-22(30(37)38-4)16-32-31-33(27)28(34)26(42-31)15-20-9-12-23(41-20)21-10-7-19(29(35)36)13-17(21)3/h7-16,27H,5-6H2,1-4H3,(H,35,36)/b26-15-/t27-/m1/s1. The smallest absolute Gasteiger partial charge is 0.337 e. The van der Waals surface area contributed by atoms with E-state index in [2.05, 4.69) is 4.99 Å². The van der Waals surface area contributed by atoms with Crippen LogP contribution in [0.5, 0.6) is 11.5 Å². The van der Waals surface area contributed by atoms with Crippen LogP contribution in [-0.2, 0) is 9.53 Å². The van der Waals surface area contributed by atoms with E-state index in [-0.39, 0.29) is 16.7 Å². The third-order valence-corrected chi connectivity index (χ3v) is 7.64. The van der Waals surface area contributed by atoms with Crippen molar-refractivity contribution in [2.24, 2.45) is 4.99 Å². The van der Waals surface area contributed by atoms with Crippen molar-refractivity contribution in [3.63, 3.8) is 0 Å². The molecule has 0 unspecified atom stereocenters. The first kappa shape index (κ1) is 28.6. The number of thiazole rings is 1. The molecule has 0 saturated carbocycles. The third-order valence-electron chi connectivity index (χ3n) is 6.65. The molecular weight excluding hydrogens is 560 g/mol. The number of aromatic carboxylic acids is 1. The number of benzene rings is 2. The molecule has 1 N–H and O–H groups in total. The highest BCUT2D eigenvalue weighted by Gasteiger charge is 2.31. The molecule has 0 aliphatic carbocycles. The zero-order chi connectivity index (χ0) is 30.0. The van der Waals surface area contributed by atoms with Crippen molar-refractivity contribution >= 4 is 29.4 Å². The predicted octanol–water partition coefficient (Wildman–Crippen LogP) is 4.08. The van der Waals surface area contributed by atoms with Gasteiger partial charge in [0.2, 0.25) is 0 Å². The minimum Gasteiger partial charge on any atom is -0.490 e. The number of carbonyl (C=O) groups excluding carboxylic acids is 1. The number of aromatic nitrogens is 1. The van der Waals surface area contributed by atoms with Crippen LogP contribution < -0.4 is 24.4 Å². The summed E-state index contributed by atoms with van der Waals surface area (Å²) >= 11 is 1.17. The van der Waals surface area contributed by atoms with Crippen molar-refractivity contribution in [2.45, 2.75) is 26.8 Å². The van der Waals surface area contributed by atoms with E-state index in [1.807, 2.05) is 13.8 Å². The molecule has 1 aliphatic heterocycles. The van der Waals surface area contributed by atoms with E-state index in [1.165, 1.54) is 35.3 Å². The molecule has 0 fully saturated rings. The first-order valence-electron chi connectivity index (χ1n) is 13.2. The highest BCUT2D eigenvalue weighted by Crippen LogP contribution is 2.35. The molecule has 0 amide bonds. The van der Waals surface area contributed by atoms with Crippen LogP contribution in [0.25, 0.3) is 17.4 Å². The zero-order valence-corrected chi connectivity index (χ0v) is 24.2. The second-order valence-electron chi connectivity index (χ2n) is 9.29. The van der Waals surface area contributed by atoms with Gasteiger partial charge in [-0.05, 0) is 68.3 Å². The number of aryl methyl sites for hydroxylation is 1. The minimum absolute atomic E-state index is 0.186. The lowest BCUT2D eigenvalue weighted by Crippen LogP contribution is -2.39. The van der Waals surface area contributed by atoms with Gasteiger partial charge in [0.25, 0.3) is 5.56 Å². The Labute approximate surface area is 244 Å². The van der Waals surface area contributed by atoms with Crippen LogP contribution in [0.2, 0.25) is 0 Å². The Kier molecular flexibility index (Phi) is 8.12. The van der Waals surface area contributed by atoms with E-state index in [9.17, 15) is 19.5 Å². The zero-order valence-electron chi connectivity index (χ0n) is 23.4. The number of hydrogen-bond donors (Lipinski definition) is 1. The van der Waals surface area contributed by atoms with Gasteiger partial charge in [0.05, 0.1) is 42.0 Å². The summed E-state index contributed by atoms with van der Waals surface area (Å²) in [6.07, 6.45) is 3.05. The summed E-state index contributed by atoms with van der Waals surface area (Å²) < 4.78 is 24.3. The van der Waals surface area contributed by atoms with E-state index in [4.69, 9.17) is 18.6 Å². The molecule has 2 aromatic heterocycles. The van der Waals surface area contributed by atoms with Crippen molar-refractivity contribution in [3.05, 3.63) is 102 Å². The number of carbonyl (C=O) groups is 2. The maximum absolute atomic E-state index is 13.8. The van der Waals surface area contributed by atoms with Crippen LogP contribution in [0.15, 0.2) is 74.5 Å². The third kappa shape index (κ3) is 5.38. The topological polar surface area (TPSA) is 130 Å². The number of carboxylic acid groups (broad SMARTS) is 1. The SMILES string of the molecule is CCOc1ccc([C@@H]2C(C(=O)OC)=CN=c3s/c(=C\c4ccc(-c5ccc(C(=O)O)cc5C)o4)c(=O)n32)cc1OCC. The Morgan fingerprint density at radius 2 is 1.83 bits per heavy atom. The van der Waals surface area contributed by atoms with Gasteiger partial charge in [-0.1, -0.05) is 23.5 Å². The fourth-order valence-corrected chi connectivity index (χ4v) is 5.71. The van der Waals surface area contributed by atoms with Gasteiger partial charge in [-0.2, -0.15) is 0 Å². The highest BCUT2D eigenvalue weighted by atomic mass is 32.1. The molecule has 216 valence electrons. The van der Waals surface area contributed by atoms with Gasteiger partial charge in [0.1, 0.15) is 11.5 Å². The van der Waals surface area contributed by atoms with E-state index >= 15 is 0 Å². The maximum Gasteiger partial charge on any atom is 0.337 e. The van der Waals surface area contributed by atoms with E-state index < -0.39 is 18.0 Å². The molecule has 42 heavy (non-hydrogen) atoms. The van der Waals surface area contributed by atoms with Crippen LogP contribution in [-0.4, -0.2) is 41.9 Å². The van der Waals surface area contributed by atoms with Gasteiger partial charge in [0.15, 0.2) is 16.3 Å². The fourth-order valence-electron chi connectivity index (χ4n) is 4.76. The second kappa shape index (κ2) is 11.9. The average molecular weight is 589 g/mol. The van der Waals surface area contributed by atoms with Crippen molar-refractivity contribution in [1.82, 2.24) is 4.57 Å². The summed E-state index contributed by atoms with van der Waals surface area (Å²) in [4.78, 5) is 42.7. The molecular formula is C31H28N2O8S. The van der Waals surface area contributed by atoms with Gasteiger partial charge in [-0.3, -0.25) is 9.36 Å². The fraction of sp³-hybridized carbons (Fsp3) is 0.226. The highest BCUT2D eigenvalue weighted by molar-refractivity contribution is 7.07. The van der Waals surface area contributed by atoms with Gasteiger partial charge in [-0.15, -0.1) is 0 Å². The number of esters is 1. The van der Waals surface area contributed by atoms with Crippen LogP contribution in [0.4, 0.5) is 0 Å². The summed E-state index contributed by atoms with van der Waals surface area (Å²) in [5, 5.41) is 9.25. The van der Waals surface area contributed by atoms with E-state index in [0.717, 1.165) is 11.1 Å². The maximum atomic E-state index is 13.8. The number of methoxy groups -OCH3 is 1. The van der Waals surface area contributed by atoms with Gasteiger partial charge >= 0.3 is 11.9 Å². The Balaban J connectivity index is 1.59. The summed E-state index contributed by atoms with van der Waals surface area (Å²) in [6.45, 7) is 6.39. The Morgan fingerprint density at radius 1 is 1.07 bits per heavy atom. The molecule has 0 radical (unpaired) electrons. The summed E-state index contributed by atoms with van der Waals surface area (Å²) in [5.41, 5.74) is 2.14. The molecule has 10 nitrogen and oxygen atoms in total. The van der Waals surface area contributed by atoms with Crippen LogP contribution in [0.3, 0.4) is 0 Å². The van der Waals surface area contributed by atoms with Gasteiger partial charge in [-0.25, -0.2) is 14.6 Å². The lowest BCUT2D eigenvalue weighted by atomic mass is 9.97. The van der Waals surface area contributed by atoms with Crippen molar-refractivity contribution in [2.75, 3.05) is 20.3 Å². The molecule has 0 bridgehead atoms.